The van der Waals surface area contributed by atoms with Crippen LogP contribution in [0.5, 0.6) is 0 Å². The minimum Gasteiger partial charge on any atom is -0.349 e. The average molecular weight is 312 g/mol. The fourth-order valence-electron chi connectivity index (χ4n) is 1.36. The van der Waals surface area contributed by atoms with Gasteiger partial charge in [-0.1, -0.05) is 6.08 Å². The van der Waals surface area contributed by atoms with Gasteiger partial charge in [-0.3, -0.25) is 9.59 Å². The van der Waals surface area contributed by atoms with Crippen molar-refractivity contribution in [2.75, 3.05) is 18.4 Å². The highest BCUT2D eigenvalue weighted by molar-refractivity contribution is 5.97. The molecule has 5 nitrogen and oxygen atoms in total. The lowest BCUT2D eigenvalue weighted by Gasteiger charge is -2.21. The minimum absolute atomic E-state index is 0. The number of benzene rings is 1. The predicted molar refractivity (Wildman–Crippen MR) is 87.7 cm³/mol. The van der Waals surface area contributed by atoms with Gasteiger partial charge in [0.25, 0.3) is 5.91 Å². The molecule has 0 heterocycles. The zero-order chi connectivity index (χ0) is 15.2. The number of rotatable bonds is 6. The monoisotopic (exact) mass is 311 g/mol. The van der Waals surface area contributed by atoms with Crippen LogP contribution in [-0.2, 0) is 4.79 Å². The van der Waals surface area contributed by atoms with Crippen LogP contribution in [0.3, 0.4) is 0 Å². The van der Waals surface area contributed by atoms with Gasteiger partial charge in [-0.15, -0.1) is 19.0 Å². The summed E-state index contributed by atoms with van der Waals surface area (Å²) in [5.74, 6) is -0.325. The third-order valence-corrected chi connectivity index (χ3v) is 2.94. The standard InChI is InChI=1S/C15H21N3O2.ClH/c1-4-9-17-13(19)11-5-7-12(8-6-11)18-14(20)15(2,3)10-16;/h4-8H,1,9-10,16H2,2-3H3,(H,17,19)(H,18,20);1H. The fourth-order valence-corrected chi connectivity index (χ4v) is 1.36. The SMILES string of the molecule is C=CCNC(=O)c1ccc(NC(=O)C(C)(C)CN)cc1.Cl. The Morgan fingerprint density at radius 1 is 1.29 bits per heavy atom. The summed E-state index contributed by atoms with van der Waals surface area (Å²) >= 11 is 0. The maximum Gasteiger partial charge on any atom is 0.251 e. The van der Waals surface area contributed by atoms with E-state index in [0.717, 1.165) is 0 Å². The van der Waals surface area contributed by atoms with Crippen molar-refractivity contribution in [3.63, 3.8) is 0 Å². The molecule has 2 amide bonds. The maximum atomic E-state index is 11.9. The first-order chi connectivity index (χ1) is 9.40. The van der Waals surface area contributed by atoms with Crippen LogP contribution in [0.15, 0.2) is 36.9 Å². The van der Waals surface area contributed by atoms with Gasteiger partial charge in [-0.05, 0) is 38.1 Å². The lowest BCUT2D eigenvalue weighted by Crippen LogP contribution is -2.37. The largest absolute Gasteiger partial charge is 0.349 e. The molecular formula is C15H22ClN3O2. The van der Waals surface area contributed by atoms with Crippen molar-refractivity contribution in [2.24, 2.45) is 11.1 Å². The van der Waals surface area contributed by atoms with Crippen molar-refractivity contribution in [1.82, 2.24) is 5.32 Å². The van der Waals surface area contributed by atoms with Crippen molar-refractivity contribution in [1.29, 1.82) is 0 Å². The Morgan fingerprint density at radius 2 is 1.86 bits per heavy atom. The predicted octanol–water partition coefficient (Wildman–Crippen LogP) is 1.95. The highest BCUT2D eigenvalue weighted by Gasteiger charge is 2.25. The van der Waals surface area contributed by atoms with Gasteiger partial charge in [0, 0.05) is 24.3 Å². The van der Waals surface area contributed by atoms with Gasteiger partial charge in [-0.2, -0.15) is 0 Å². The summed E-state index contributed by atoms with van der Waals surface area (Å²) in [6, 6.07) is 6.69. The average Bonchev–Trinajstić information content (AvgIpc) is 2.45. The number of halogens is 1. The van der Waals surface area contributed by atoms with E-state index in [9.17, 15) is 9.59 Å². The number of hydrogen-bond donors (Lipinski definition) is 3. The van der Waals surface area contributed by atoms with Crippen molar-refractivity contribution in [2.45, 2.75) is 13.8 Å². The molecule has 0 aromatic heterocycles. The van der Waals surface area contributed by atoms with Gasteiger partial charge >= 0.3 is 0 Å². The molecule has 0 radical (unpaired) electrons. The molecule has 0 atom stereocenters. The number of nitrogens with two attached hydrogens (primary N) is 1. The van der Waals surface area contributed by atoms with Gasteiger partial charge in [0.2, 0.25) is 5.91 Å². The molecule has 0 saturated carbocycles. The molecule has 0 unspecified atom stereocenters. The van der Waals surface area contributed by atoms with E-state index in [1.54, 1.807) is 44.2 Å². The van der Waals surface area contributed by atoms with Crippen LogP contribution in [0, 0.1) is 5.41 Å². The number of amides is 2. The molecule has 0 fully saturated rings. The summed E-state index contributed by atoms with van der Waals surface area (Å²) < 4.78 is 0. The summed E-state index contributed by atoms with van der Waals surface area (Å²) in [7, 11) is 0. The van der Waals surface area contributed by atoms with E-state index in [4.69, 9.17) is 5.73 Å². The summed E-state index contributed by atoms with van der Waals surface area (Å²) in [5, 5.41) is 5.46. The van der Waals surface area contributed by atoms with Crippen LogP contribution >= 0.6 is 12.4 Å². The zero-order valence-corrected chi connectivity index (χ0v) is 13.1. The first-order valence-corrected chi connectivity index (χ1v) is 6.41. The Morgan fingerprint density at radius 3 is 2.33 bits per heavy atom. The summed E-state index contributed by atoms with van der Waals surface area (Å²) in [5.41, 5.74) is 6.09. The van der Waals surface area contributed by atoms with Gasteiger partial charge in [0.15, 0.2) is 0 Å². The highest BCUT2D eigenvalue weighted by atomic mass is 35.5. The first kappa shape index (κ1) is 19.1. The second kappa shape index (κ2) is 8.44. The Labute approximate surface area is 131 Å². The van der Waals surface area contributed by atoms with Gasteiger partial charge in [0.05, 0.1) is 5.41 Å². The zero-order valence-electron chi connectivity index (χ0n) is 12.3. The molecule has 116 valence electrons. The van der Waals surface area contributed by atoms with E-state index < -0.39 is 5.41 Å². The maximum absolute atomic E-state index is 11.9. The first-order valence-electron chi connectivity index (χ1n) is 6.41. The van der Waals surface area contributed by atoms with E-state index in [0.29, 0.717) is 17.8 Å². The smallest absolute Gasteiger partial charge is 0.251 e. The molecule has 0 bridgehead atoms. The third-order valence-electron chi connectivity index (χ3n) is 2.94. The van der Waals surface area contributed by atoms with Crippen LogP contribution in [0.1, 0.15) is 24.2 Å². The van der Waals surface area contributed by atoms with Crippen LogP contribution in [0.2, 0.25) is 0 Å². The molecule has 6 heteroatoms. The van der Waals surface area contributed by atoms with Crippen LogP contribution in [0.25, 0.3) is 0 Å². The van der Waals surface area contributed by atoms with E-state index in [1.807, 2.05) is 0 Å². The Hall–Kier alpha value is -1.85. The van der Waals surface area contributed by atoms with Crippen LogP contribution in [0.4, 0.5) is 5.69 Å². The quantitative estimate of drug-likeness (QED) is 0.702. The molecule has 0 saturated heterocycles. The molecular weight excluding hydrogens is 290 g/mol. The Bertz CT molecular complexity index is 498. The van der Waals surface area contributed by atoms with E-state index in [-0.39, 0.29) is 30.8 Å². The molecule has 0 aliphatic rings. The topological polar surface area (TPSA) is 84.2 Å². The number of carbonyl (C=O) groups is 2. The Kier molecular flexibility index (Phi) is 7.70. The highest BCUT2D eigenvalue weighted by Crippen LogP contribution is 2.17. The lowest BCUT2D eigenvalue weighted by atomic mass is 9.92. The number of carbonyl (C=O) groups excluding carboxylic acids is 2. The molecule has 0 spiro atoms. The summed E-state index contributed by atoms with van der Waals surface area (Å²) in [6.07, 6.45) is 1.61. The molecule has 21 heavy (non-hydrogen) atoms. The third kappa shape index (κ3) is 5.57. The minimum atomic E-state index is -0.625. The summed E-state index contributed by atoms with van der Waals surface area (Å²) in [4.78, 5) is 23.6. The number of anilines is 1. The number of nitrogens with one attached hydrogen (secondary N) is 2. The van der Waals surface area contributed by atoms with E-state index in [1.165, 1.54) is 0 Å². The molecule has 1 aromatic rings. The van der Waals surface area contributed by atoms with Crippen LogP contribution in [-0.4, -0.2) is 24.9 Å². The van der Waals surface area contributed by atoms with Crippen molar-refractivity contribution in [3.05, 3.63) is 42.5 Å². The summed E-state index contributed by atoms with van der Waals surface area (Å²) in [6.45, 7) is 7.77. The second-order valence-electron chi connectivity index (χ2n) is 5.12. The van der Waals surface area contributed by atoms with E-state index >= 15 is 0 Å². The van der Waals surface area contributed by atoms with Crippen LogP contribution < -0.4 is 16.4 Å². The van der Waals surface area contributed by atoms with Gasteiger partial charge in [0.1, 0.15) is 0 Å². The fraction of sp³-hybridized carbons (Fsp3) is 0.333. The van der Waals surface area contributed by atoms with Crippen molar-refractivity contribution < 1.29 is 9.59 Å². The molecule has 1 rings (SSSR count). The molecule has 1 aromatic carbocycles. The van der Waals surface area contributed by atoms with E-state index in [2.05, 4.69) is 17.2 Å². The molecule has 0 aliphatic heterocycles. The number of hydrogen-bond acceptors (Lipinski definition) is 3. The van der Waals surface area contributed by atoms with Gasteiger partial charge in [-0.25, -0.2) is 0 Å². The second-order valence-corrected chi connectivity index (χ2v) is 5.12. The lowest BCUT2D eigenvalue weighted by molar-refractivity contribution is -0.123. The van der Waals surface area contributed by atoms with Gasteiger partial charge < -0.3 is 16.4 Å². The normalized spacial score (nSPS) is 10.2. The van der Waals surface area contributed by atoms with Crippen molar-refractivity contribution in [3.8, 4) is 0 Å². The Balaban J connectivity index is 0.00000400. The molecule has 4 N–H and O–H groups in total. The molecule has 0 aliphatic carbocycles. The van der Waals surface area contributed by atoms with Crippen molar-refractivity contribution >= 4 is 29.9 Å².